The number of imidazole rings is 1. The van der Waals surface area contributed by atoms with Crippen LogP contribution >= 0.6 is 0 Å². The molecule has 100 valence electrons. The normalized spacial score (nSPS) is 17.3. The molecule has 0 bridgehead atoms. The lowest BCUT2D eigenvalue weighted by Crippen LogP contribution is -2.20. The van der Waals surface area contributed by atoms with Crippen LogP contribution in [-0.4, -0.2) is 25.6 Å². The summed E-state index contributed by atoms with van der Waals surface area (Å²) in [6, 6.07) is 0.293. The highest BCUT2D eigenvalue weighted by Crippen LogP contribution is 2.22. The van der Waals surface area contributed by atoms with Crippen molar-refractivity contribution in [2.75, 3.05) is 5.32 Å². The van der Waals surface area contributed by atoms with E-state index in [0.717, 1.165) is 11.2 Å². The van der Waals surface area contributed by atoms with Crippen LogP contribution in [0.4, 0.5) is 5.95 Å². The van der Waals surface area contributed by atoms with Crippen LogP contribution in [0, 0.1) is 0 Å². The summed E-state index contributed by atoms with van der Waals surface area (Å²) in [5.74, 6) is 0.658. The second-order valence-electron chi connectivity index (χ2n) is 5.15. The van der Waals surface area contributed by atoms with Gasteiger partial charge < -0.3 is 9.88 Å². The van der Waals surface area contributed by atoms with Gasteiger partial charge in [-0.1, -0.05) is 11.6 Å². The SMILES string of the molecule is CC(Nc1ncc2c(ncn2C)n1)C1=CCCCC1. The molecule has 0 aliphatic heterocycles. The number of nitrogens with zero attached hydrogens (tertiary/aromatic N) is 4. The third kappa shape index (κ3) is 2.45. The molecule has 2 aromatic heterocycles. The molecule has 0 amide bonds. The molecule has 19 heavy (non-hydrogen) atoms. The van der Waals surface area contributed by atoms with Gasteiger partial charge in [0.05, 0.1) is 12.5 Å². The van der Waals surface area contributed by atoms with Gasteiger partial charge >= 0.3 is 0 Å². The van der Waals surface area contributed by atoms with E-state index in [9.17, 15) is 0 Å². The third-order valence-electron chi connectivity index (χ3n) is 3.71. The maximum absolute atomic E-state index is 4.45. The highest BCUT2D eigenvalue weighted by Gasteiger charge is 2.13. The van der Waals surface area contributed by atoms with Gasteiger partial charge in [0.25, 0.3) is 0 Å². The second-order valence-corrected chi connectivity index (χ2v) is 5.15. The highest BCUT2D eigenvalue weighted by atomic mass is 15.2. The first-order chi connectivity index (χ1) is 9.24. The number of anilines is 1. The molecule has 0 fully saturated rings. The molecule has 1 N–H and O–H groups in total. The van der Waals surface area contributed by atoms with Crippen molar-refractivity contribution in [3.8, 4) is 0 Å². The Morgan fingerprint density at radius 1 is 1.32 bits per heavy atom. The zero-order chi connectivity index (χ0) is 13.2. The van der Waals surface area contributed by atoms with E-state index in [2.05, 4.69) is 33.3 Å². The first-order valence-electron chi connectivity index (χ1n) is 6.83. The van der Waals surface area contributed by atoms with Gasteiger partial charge in [0.1, 0.15) is 5.52 Å². The zero-order valence-electron chi connectivity index (χ0n) is 11.4. The predicted molar refractivity (Wildman–Crippen MR) is 75.9 cm³/mol. The van der Waals surface area contributed by atoms with Crippen molar-refractivity contribution in [2.24, 2.45) is 7.05 Å². The molecule has 1 aliphatic rings. The van der Waals surface area contributed by atoms with Gasteiger partial charge in [-0.05, 0) is 32.6 Å². The van der Waals surface area contributed by atoms with Crippen LogP contribution in [0.1, 0.15) is 32.6 Å². The van der Waals surface area contributed by atoms with Crippen molar-refractivity contribution in [2.45, 2.75) is 38.6 Å². The van der Waals surface area contributed by atoms with E-state index in [0.29, 0.717) is 12.0 Å². The number of hydrogen-bond donors (Lipinski definition) is 1. The summed E-state index contributed by atoms with van der Waals surface area (Å²) < 4.78 is 1.92. The molecule has 0 saturated carbocycles. The number of nitrogens with one attached hydrogen (secondary N) is 1. The van der Waals surface area contributed by atoms with Gasteiger partial charge in [-0.15, -0.1) is 0 Å². The maximum Gasteiger partial charge on any atom is 0.225 e. The summed E-state index contributed by atoms with van der Waals surface area (Å²) >= 11 is 0. The summed E-state index contributed by atoms with van der Waals surface area (Å²) in [7, 11) is 1.95. The van der Waals surface area contributed by atoms with Crippen molar-refractivity contribution in [3.63, 3.8) is 0 Å². The molecule has 2 heterocycles. The monoisotopic (exact) mass is 257 g/mol. The minimum atomic E-state index is 0.293. The maximum atomic E-state index is 4.45. The van der Waals surface area contributed by atoms with Crippen LogP contribution in [0.2, 0.25) is 0 Å². The van der Waals surface area contributed by atoms with Gasteiger partial charge in [0.2, 0.25) is 5.95 Å². The molecule has 2 aromatic rings. The molecule has 1 aliphatic carbocycles. The van der Waals surface area contributed by atoms with Crippen LogP contribution in [0.3, 0.4) is 0 Å². The minimum Gasteiger partial charge on any atom is -0.348 e. The summed E-state index contributed by atoms with van der Waals surface area (Å²) in [5.41, 5.74) is 3.16. The smallest absolute Gasteiger partial charge is 0.225 e. The van der Waals surface area contributed by atoms with Gasteiger partial charge in [0.15, 0.2) is 5.65 Å². The molecular formula is C14H19N5. The first kappa shape index (κ1) is 12.1. The third-order valence-corrected chi connectivity index (χ3v) is 3.71. The van der Waals surface area contributed by atoms with Crippen LogP contribution in [-0.2, 0) is 7.05 Å². The Kier molecular flexibility index (Phi) is 3.19. The van der Waals surface area contributed by atoms with Crippen LogP contribution < -0.4 is 5.32 Å². The van der Waals surface area contributed by atoms with Gasteiger partial charge in [-0.25, -0.2) is 9.97 Å². The Hall–Kier alpha value is -1.91. The van der Waals surface area contributed by atoms with E-state index in [1.54, 1.807) is 6.33 Å². The second kappa shape index (κ2) is 4.99. The van der Waals surface area contributed by atoms with Crippen LogP contribution in [0.5, 0.6) is 0 Å². The molecular weight excluding hydrogens is 238 g/mol. The molecule has 3 rings (SSSR count). The number of aryl methyl sites for hydroxylation is 1. The van der Waals surface area contributed by atoms with Crippen molar-refractivity contribution < 1.29 is 0 Å². The summed E-state index contributed by atoms with van der Waals surface area (Å²) in [4.78, 5) is 13.1. The van der Waals surface area contributed by atoms with E-state index in [-0.39, 0.29) is 0 Å². The van der Waals surface area contributed by atoms with Crippen molar-refractivity contribution in [1.29, 1.82) is 0 Å². The average molecular weight is 257 g/mol. The van der Waals surface area contributed by atoms with Gasteiger partial charge in [-0.3, -0.25) is 0 Å². The van der Waals surface area contributed by atoms with Crippen LogP contribution in [0.15, 0.2) is 24.2 Å². The number of aromatic nitrogens is 4. The Morgan fingerprint density at radius 3 is 3.00 bits per heavy atom. The lowest BCUT2D eigenvalue weighted by Gasteiger charge is -2.20. The summed E-state index contributed by atoms with van der Waals surface area (Å²) in [6.45, 7) is 2.17. The Labute approximate surface area is 112 Å². The number of fused-ring (bicyclic) bond motifs is 1. The number of allylic oxidation sites excluding steroid dienone is 1. The van der Waals surface area contributed by atoms with E-state index < -0.39 is 0 Å². The Morgan fingerprint density at radius 2 is 2.21 bits per heavy atom. The van der Waals surface area contributed by atoms with E-state index in [4.69, 9.17) is 0 Å². The van der Waals surface area contributed by atoms with E-state index >= 15 is 0 Å². The fourth-order valence-electron chi connectivity index (χ4n) is 2.53. The molecule has 1 unspecified atom stereocenters. The fraction of sp³-hybridized carbons (Fsp3) is 0.500. The topological polar surface area (TPSA) is 55.6 Å². The van der Waals surface area contributed by atoms with Crippen molar-refractivity contribution in [1.82, 2.24) is 19.5 Å². The predicted octanol–water partition coefficient (Wildman–Crippen LogP) is 2.66. The van der Waals surface area contributed by atoms with Gasteiger partial charge in [-0.2, -0.15) is 4.98 Å². The minimum absolute atomic E-state index is 0.293. The van der Waals surface area contributed by atoms with E-state index in [1.807, 2.05) is 17.8 Å². The molecule has 0 saturated heterocycles. The lowest BCUT2D eigenvalue weighted by atomic mass is 9.95. The number of hydrogen-bond acceptors (Lipinski definition) is 4. The Bertz CT molecular complexity index is 613. The molecule has 0 radical (unpaired) electrons. The van der Waals surface area contributed by atoms with E-state index in [1.165, 1.54) is 31.3 Å². The fourth-order valence-corrected chi connectivity index (χ4v) is 2.53. The quantitative estimate of drug-likeness (QED) is 0.859. The summed E-state index contributed by atoms with van der Waals surface area (Å²) in [6.07, 6.45) is 10.9. The summed E-state index contributed by atoms with van der Waals surface area (Å²) in [5, 5.41) is 3.37. The zero-order valence-corrected chi connectivity index (χ0v) is 11.4. The van der Waals surface area contributed by atoms with Crippen molar-refractivity contribution >= 4 is 17.1 Å². The first-order valence-corrected chi connectivity index (χ1v) is 6.83. The average Bonchev–Trinajstić information content (AvgIpc) is 2.81. The highest BCUT2D eigenvalue weighted by molar-refractivity contribution is 5.70. The van der Waals surface area contributed by atoms with Gasteiger partial charge in [0, 0.05) is 13.1 Å². The van der Waals surface area contributed by atoms with Crippen LogP contribution in [0.25, 0.3) is 11.2 Å². The largest absolute Gasteiger partial charge is 0.348 e. The molecule has 5 heteroatoms. The van der Waals surface area contributed by atoms with Crippen molar-refractivity contribution in [3.05, 3.63) is 24.2 Å². The molecule has 1 atom stereocenters. The number of rotatable bonds is 3. The molecule has 0 aromatic carbocycles. The molecule has 0 spiro atoms. The Balaban J connectivity index is 1.79. The standard InChI is InChI=1S/C14H19N5/c1-10(11-6-4-3-5-7-11)17-14-15-8-12-13(18-14)16-9-19(12)2/h6,8-10H,3-5,7H2,1-2H3,(H,15,17,18). The molecule has 5 nitrogen and oxygen atoms in total. The lowest BCUT2D eigenvalue weighted by molar-refractivity contribution is 0.664.